The minimum atomic E-state index is 0.0352. The first-order valence-corrected chi connectivity index (χ1v) is 6.71. The van der Waals surface area contributed by atoms with E-state index in [1.807, 2.05) is 32.2 Å². The third-order valence-electron chi connectivity index (χ3n) is 3.03. The maximum absolute atomic E-state index is 12.5. The molecule has 1 aromatic rings. The van der Waals surface area contributed by atoms with Crippen LogP contribution < -0.4 is 5.32 Å². The average Bonchev–Trinajstić information content (AvgIpc) is 2.28. The number of carbonyl (C=O) groups is 1. The van der Waals surface area contributed by atoms with E-state index in [1.165, 1.54) is 0 Å². The summed E-state index contributed by atoms with van der Waals surface area (Å²) in [6, 6.07) is 5.87. The molecule has 2 nitrogen and oxygen atoms in total. The Labute approximate surface area is 112 Å². The van der Waals surface area contributed by atoms with E-state index in [-0.39, 0.29) is 11.7 Å². The first-order valence-electron chi connectivity index (χ1n) is 5.92. The molecule has 1 aromatic carbocycles. The van der Waals surface area contributed by atoms with Crippen molar-refractivity contribution in [2.75, 3.05) is 13.6 Å². The molecule has 1 rings (SSSR count). The van der Waals surface area contributed by atoms with Crippen molar-refractivity contribution in [3.63, 3.8) is 0 Å². The predicted molar refractivity (Wildman–Crippen MR) is 75.5 cm³/mol. The quantitative estimate of drug-likeness (QED) is 0.844. The summed E-state index contributed by atoms with van der Waals surface area (Å²) < 4.78 is 0.957. The summed E-state index contributed by atoms with van der Waals surface area (Å²) in [6.45, 7) is 6.89. The van der Waals surface area contributed by atoms with Crippen LogP contribution in [0.5, 0.6) is 0 Å². The predicted octanol–water partition coefficient (Wildman–Crippen LogP) is 3.43. The lowest BCUT2D eigenvalue weighted by Gasteiger charge is -2.20. The van der Waals surface area contributed by atoms with Crippen LogP contribution in [-0.2, 0) is 0 Å². The topological polar surface area (TPSA) is 29.1 Å². The number of benzene rings is 1. The number of halogens is 1. The van der Waals surface area contributed by atoms with Gasteiger partial charge in [0.15, 0.2) is 5.78 Å². The Hall–Kier alpha value is -0.670. The van der Waals surface area contributed by atoms with Crippen LogP contribution in [0.25, 0.3) is 0 Å². The smallest absolute Gasteiger partial charge is 0.167 e. The van der Waals surface area contributed by atoms with Gasteiger partial charge in [-0.05, 0) is 37.6 Å². The maximum Gasteiger partial charge on any atom is 0.167 e. The lowest BCUT2D eigenvalue weighted by Crippen LogP contribution is -2.30. The third-order valence-corrected chi connectivity index (χ3v) is 3.52. The number of aryl methyl sites for hydroxylation is 1. The molecule has 0 spiro atoms. The first-order chi connectivity index (χ1) is 7.97. The second-order valence-corrected chi connectivity index (χ2v) is 5.65. The molecular formula is C14H20BrNO. The van der Waals surface area contributed by atoms with Crippen LogP contribution in [0.4, 0.5) is 0 Å². The summed E-state index contributed by atoms with van der Waals surface area (Å²) in [7, 11) is 1.89. The zero-order valence-electron chi connectivity index (χ0n) is 10.9. The molecule has 1 atom stereocenters. The van der Waals surface area contributed by atoms with Gasteiger partial charge in [0.05, 0.1) is 0 Å². The van der Waals surface area contributed by atoms with Gasteiger partial charge in [-0.25, -0.2) is 0 Å². The van der Waals surface area contributed by atoms with Crippen molar-refractivity contribution in [2.24, 2.45) is 11.8 Å². The van der Waals surface area contributed by atoms with Gasteiger partial charge >= 0.3 is 0 Å². The summed E-state index contributed by atoms with van der Waals surface area (Å²) in [5, 5.41) is 3.10. The molecule has 17 heavy (non-hydrogen) atoms. The maximum atomic E-state index is 12.5. The van der Waals surface area contributed by atoms with E-state index in [0.717, 1.165) is 22.1 Å². The lowest BCUT2D eigenvalue weighted by molar-refractivity contribution is 0.0885. The highest BCUT2D eigenvalue weighted by atomic mass is 79.9. The Morgan fingerprint density at radius 1 is 1.41 bits per heavy atom. The Morgan fingerprint density at radius 2 is 2.06 bits per heavy atom. The molecule has 3 heteroatoms. The number of hydrogen-bond acceptors (Lipinski definition) is 2. The molecular weight excluding hydrogens is 278 g/mol. The molecule has 94 valence electrons. The summed E-state index contributed by atoms with van der Waals surface area (Å²) in [5.74, 6) is 0.606. The Bertz CT molecular complexity index is 401. The van der Waals surface area contributed by atoms with E-state index >= 15 is 0 Å². The fourth-order valence-corrected chi connectivity index (χ4v) is 2.27. The number of rotatable bonds is 5. The molecule has 1 N–H and O–H groups in total. The van der Waals surface area contributed by atoms with Gasteiger partial charge in [0.2, 0.25) is 0 Å². The number of carbonyl (C=O) groups excluding carboxylic acids is 1. The molecule has 0 aliphatic heterocycles. The third kappa shape index (κ3) is 3.65. The minimum absolute atomic E-state index is 0.0352. The van der Waals surface area contributed by atoms with E-state index in [1.54, 1.807) is 0 Å². The lowest BCUT2D eigenvalue weighted by atomic mass is 9.86. The summed E-state index contributed by atoms with van der Waals surface area (Å²) in [4.78, 5) is 12.5. The summed E-state index contributed by atoms with van der Waals surface area (Å²) >= 11 is 3.42. The van der Waals surface area contributed by atoms with Crippen LogP contribution in [0.15, 0.2) is 22.7 Å². The molecule has 0 radical (unpaired) electrons. The molecule has 1 unspecified atom stereocenters. The van der Waals surface area contributed by atoms with Gasteiger partial charge in [-0.1, -0.05) is 35.8 Å². The molecule has 0 bridgehead atoms. The number of ketones is 1. The molecule has 0 saturated heterocycles. The van der Waals surface area contributed by atoms with Gasteiger partial charge in [-0.2, -0.15) is 0 Å². The molecule has 0 fully saturated rings. The monoisotopic (exact) mass is 297 g/mol. The normalized spacial score (nSPS) is 12.8. The summed E-state index contributed by atoms with van der Waals surface area (Å²) in [5.41, 5.74) is 1.87. The molecule has 0 heterocycles. The van der Waals surface area contributed by atoms with E-state index < -0.39 is 0 Å². The van der Waals surface area contributed by atoms with E-state index in [4.69, 9.17) is 0 Å². The largest absolute Gasteiger partial charge is 0.319 e. The van der Waals surface area contributed by atoms with Crippen molar-refractivity contribution >= 4 is 21.7 Å². The Balaban J connectivity index is 3.04. The van der Waals surface area contributed by atoms with Crippen molar-refractivity contribution in [2.45, 2.75) is 20.8 Å². The number of Topliss-reactive ketones (excluding diaryl/α,β-unsaturated/α-hetero) is 1. The highest BCUT2D eigenvalue weighted by molar-refractivity contribution is 9.10. The van der Waals surface area contributed by atoms with Crippen molar-refractivity contribution in [1.29, 1.82) is 0 Å². The Kier molecular flexibility index (Phi) is 5.34. The zero-order valence-corrected chi connectivity index (χ0v) is 12.5. The van der Waals surface area contributed by atoms with Gasteiger partial charge in [0.1, 0.15) is 0 Å². The fraction of sp³-hybridized carbons (Fsp3) is 0.500. The van der Waals surface area contributed by atoms with Crippen molar-refractivity contribution in [3.05, 3.63) is 33.8 Å². The van der Waals surface area contributed by atoms with E-state index in [9.17, 15) is 4.79 Å². The van der Waals surface area contributed by atoms with Crippen molar-refractivity contribution < 1.29 is 4.79 Å². The van der Waals surface area contributed by atoms with Crippen LogP contribution in [0.3, 0.4) is 0 Å². The van der Waals surface area contributed by atoms with Gasteiger partial charge in [-0.15, -0.1) is 0 Å². The second kappa shape index (κ2) is 6.31. The van der Waals surface area contributed by atoms with E-state index in [2.05, 4.69) is 35.1 Å². The average molecular weight is 298 g/mol. The van der Waals surface area contributed by atoms with Gasteiger partial charge < -0.3 is 5.32 Å². The molecule has 0 aliphatic rings. The minimum Gasteiger partial charge on any atom is -0.319 e. The van der Waals surface area contributed by atoms with Crippen molar-refractivity contribution in [1.82, 2.24) is 5.32 Å². The molecule has 0 aliphatic carbocycles. The first kappa shape index (κ1) is 14.4. The highest BCUT2D eigenvalue weighted by Gasteiger charge is 2.23. The number of hydrogen-bond donors (Lipinski definition) is 1. The van der Waals surface area contributed by atoms with E-state index in [0.29, 0.717) is 5.92 Å². The highest BCUT2D eigenvalue weighted by Crippen LogP contribution is 2.22. The van der Waals surface area contributed by atoms with Gasteiger partial charge in [-0.3, -0.25) is 4.79 Å². The molecule has 0 amide bonds. The fourth-order valence-electron chi connectivity index (χ4n) is 1.91. The molecule has 0 saturated carbocycles. The standard InChI is InChI=1S/C14H20BrNO/c1-9(2)13(8-16-4)14(17)12-7-11(15)6-5-10(12)3/h5-7,9,13,16H,8H2,1-4H3. The molecule has 0 aromatic heterocycles. The Morgan fingerprint density at radius 3 is 2.59 bits per heavy atom. The summed E-state index contributed by atoms with van der Waals surface area (Å²) in [6.07, 6.45) is 0. The van der Waals surface area contributed by atoms with Crippen molar-refractivity contribution in [3.8, 4) is 0 Å². The van der Waals surface area contributed by atoms with Crippen LogP contribution in [0.2, 0.25) is 0 Å². The van der Waals surface area contributed by atoms with Crippen LogP contribution in [0, 0.1) is 18.8 Å². The number of nitrogens with one attached hydrogen (secondary N) is 1. The van der Waals surface area contributed by atoms with Gasteiger partial charge in [0, 0.05) is 22.5 Å². The zero-order chi connectivity index (χ0) is 13.0. The van der Waals surface area contributed by atoms with Gasteiger partial charge in [0.25, 0.3) is 0 Å². The van der Waals surface area contributed by atoms with Crippen LogP contribution >= 0.6 is 15.9 Å². The SMILES string of the molecule is CNCC(C(=O)c1cc(Br)ccc1C)C(C)C. The van der Waals surface area contributed by atoms with Crippen LogP contribution in [-0.4, -0.2) is 19.4 Å². The second-order valence-electron chi connectivity index (χ2n) is 4.73. The van der Waals surface area contributed by atoms with Crippen LogP contribution in [0.1, 0.15) is 29.8 Å².